The van der Waals surface area contributed by atoms with Gasteiger partial charge in [-0.25, -0.2) is 22.7 Å². The van der Waals surface area contributed by atoms with E-state index >= 15 is 0 Å². The van der Waals surface area contributed by atoms with Gasteiger partial charge in [0.1, 0.15) is 17.0 Å². The molecule has 136 valence electrons. The van der Waals surface area contributed by atoms with Crippen molar-refractivity contribution in [1.29, 1.82) is 0 Å². The maximum Gasteiger partial charge on any atom is 0.211 e. The van der Waals surface area contributed by atoms with Gasteiger partial charge in [-0.3, -0.25) is 0 Å². The minimum absolute atomic E-state index is 0.262. The van der Waals surface area contributed by atoms with Crippen LogP contribution in [-0.4, -0.2) is 48.1 Å². The van der Waals surface area contributed by atoms with Crippen molar-refractivity contribution < 1.29 is 8.42 Å². The quantitative estimate of drug-likeness (QED) is 0.829. The van der Waals surface area contributed by atoms with Crippen molar-refractivity contribution in [3.8, 4) is 0 Å². The van der Waals surface area contributed by atoms with Crippen LogP contribution in [0.1, 0.15) is 42.5 Å². The van der Waals surface area contributed by atoms with Gasteiger partial charge in [0.15, 0.2) is 0 Å². The second-order valence-electron chi connectivity index (χ2n) is 7.05. The molecule has 8 heteroatoms. The Labute approximate surface area is 152 Å². The van der Waals surface area contributed by atoms with E-state index in [4.69, 9.17) is 0 Å². The molecule has 0 atom stereocenters. The Morgan fingerprint density at radius 1 is 1.16 bits per heavy atom. The predicted octanol–water partition coefficient (Wildman–Crippen LogP) is 2.80. The molecule has 0 spiro atoms. The molecule has 0 radical (unpaired) electrons. The highest BCUT2D eigenvalue weighted by atomic mass is 32.2. The number of piperidine rings is 1. The van der Waals surface area contributed by atoms with E-state index in [0.29, 0.717) is 13.1 Å². The van der Waals surface area contributed by atoms with Crippen molar-refractivity contribution in [1.82, 2.24) is 14.3 Å². The molecule has 2 aromatic rings. The van der Waals surface area contributed by atoms with Gasteiger partial charge in [0.05, 0.1) is 11.6 Å². The lowest BCUT2D eigenvalue weighted by Crippen LogP contribution is -2.41. The molecule has 0 aromatic carbocycles. The molecule has 6 nitrogen and oxygen atoms in total. The summed E-state index contributed by atoms with van der Waals surface area (Å²) in [7, 11) is -3.08. The van der Waals surface area contributed by atoms with E-state index in [1.54, 1.807) is 10.6 Å². The number of hydrogen-bond acceptors (Lipinski definition) is 6. The molecule has 1 aliphatic heterocycles. The summed E-state index contributed by atoms with van der Waals surface area (Å²) in [6.07, 6.45) is 10.6. The fourth-order valence-electron chi connectivity index (χ4n) is 3.90. The molecular formula is C17H24N4O2S2. The largest absolute Gasteiger partial charge is 0.367 e. The summed E-state index contributed by atoms with van der Waals surface area (Å²) in [5.74, 6) is 0.933. The Kier molecular flexibility index (Phi) is 4.68. The number of aromatic nitrogens is 2. The highest BCUT2D eigenvalue weighted by molar-refractivity contribution is 7.88. The molecule has 0 unspecified atom stereocenters. The zero-order valence-electron chi connectivity index (χ0n) is 14.5. The Morgan fingerprint density at radius 2 is 1.92 bits per heavy atom. The Hall–Kier alpha value is -1.25. The van der Waals surface area contributed by atoms with Crippen molar-refractivity contribution >= 4 is 37.4 Å². The van der Waals surface area contributed by atoms with Gasteiger partial charge in [0.25, 0.3) is 0 Å². The lowest BCUT2D eigenvalue weighted by molar-refractivity contribution is 0.331. The van der Waals surface area contributed by atoms with E-state index < -0.39 is 10.0 Å². The summed E-state index contributed by atoms with van der Waals surface area (Å²) in [5.41, 5.74) is 1.44. The molecule has 0 bridgehead atoms. The summed E-state index contributed by atoms with van der Waals surface area (Å²) >= 11 is 1.81. The molecule has 1 fully saturated rings. The normalized spacial score (nSPS) is 20.4. The summed E-state index contributed by atoms with van der Waals surface area (Å²) in [5, 5.41) is 4.79. The number of sulfonamides is 1. The first-order valence-corrected chi connectivity index (χ1v) is 11.7. The van der Waals surface area contributed by atoms with Gasteiger partial charge in [-0.1, -0.05) is 6.42 Å². The number of thiophene rings is 1. The number of aryl methyl sites for hydroxylation is 2. The van der Waals surface area contributed by atoms with Gasteiger partial charge in [-0.05, 0) is 44.1 Å². The third kappa shape index (κ3) is 3.52. The molecule has 0 saturated carbocycles. The topological polar surface area (TPSA) is 75.2 Å². The molecule has 2 aliphatic rings. The highest BCUT2D eigenvalue weighted by Crippen LogP contribution is 2.38. The van der Waals surface area contributed by atoms with Crippen LogP contribution >= 0.6 is 11.3 Å². The highest BCUT2D eigenvalue weighted by Gasteiger charge is 2.26. The van der Waals surface area contributed by atoms with Crippen molar-refractivity contribution in [2.45, 2.75) is 51.0 Å². The van der Waals surface area contributed by atoms with Crippen LogP contribution in [0.3, 0.4) is 0 Å². The molecule has 2 aromatic heterocycles. The van der Waals surface area contributed by atoms with E-state index in [0.717, 1.165) is 36.3 Å². The fraction of sp³-hybridized carbons (Fsp3) is 0.647. The molecule has 1 aliphatic carbocycles. The summed E-state index contributed by atoms with van der Waals surface area (Å²) in [6.45, 7) is 1.15. The number of nitrogens with zero attached hydrogens (tertiary/aromatic N) is 3. The second-order valence-corrected chi connectivity index (χ2v) is 10.1. The van der Waals surface area contributed by atoms with Crippen molar-refractivity contribution in [3.05, 3.63) is 16.8 Å². The molecule has 0 amide bonds. The molecule has 1 N–H and O–H groups in total. The summed E-state index contributed by atoms with van der Waals surface area (Å²) < 4.78 is 24.9. The maximum atomic E-state index is 11.7. The Morgan fingerprint density at radius 3 is 2.68 bits per heavy atom. The van der Waals surface area contributed by atoms with E-state index in [2.05, 4.69) is 15.3 Å². The van der Waals surface area contributed by atoms with Crippen LogP contribution in [-0.2, 0) is 22.9 Å². The summed E-state index contributed by atoms with van der Waals surface area (Å²) in [4.78, 5) is 11.6. The van der Waals surface area contributed by atoms with Crippen LogP contribution in [0.2, 0.25) is 0 Å². The third-order valence-electron chi connectivity index (χ3n) is 5.27. The SMILES string of the molecule is CS(=O)(=O)N1CCC(Nc2ncnc3sc4c(c23)CCCCC4)CC1. The molecule has 1 saturated heterocycles. The van der Waals surface area contributed by atoms with E-state index in [1.165, 1.54) is 41.3 Å². The van der Waals surface area contributed by atoms with Gasteiger partial charge in [-0.2, -0.15) is 0 Å². The van der Waals surface area contributed by atoms with Crippen LogP contribution in [0, 0.1) is 0 Å². The summed E-state index contributed by atoms with van der Waals surface area (Å²) in [6, 6.07) is 0.262. The van der Waals surface area contributed by atoms with Gasteiger partial charge in [0, 0.05) is 24.0 Å². The third-order valence-corrected chi connectivity index (χ3v) is 7.77. The average Bonchev–Trinajstić information content (AvgIpc) is 2.78. The van der Waals surface area contributed by atoms with Crippen molar-refractivity contribution in [2.24, 2.45) is 0 Å². The van der Waals surface area contributed by atoms with E-state index in [-0.39, 0.29) is 6.04 Å². The number of rotatable bonds is 3. The lowest BCUT2D eigenvalue weighted by Gasteiger charge is -2.31. The number of anilines is 1. The fourth-order valence-corrected chi connectivity index (χ4v) is 6.00. The zero-order chi connectivity index (χ0) is 17.4. The Balaban J connectivity index is 1.57. The minimum atomic E-state index is -3.08. The van der Waals surface area contributed by atoms with Gasteiger partial charge < -0.3 is 5.32 Å². The predicted molar refractivity (Wildman–Crippen MR) is 102 cm³/mol. The number of nitrogens with one attached hydrogen (secondary N) is 1. The maximum absolute atomic E-state index is 11.7. The standard InChI is InChI=1S/C17H24N4O2S2/c1-25(22,23)21-9-7-12(8-10-21)20-16-15-13-5-3-2-4-6-14(13)24-17(15)19-11-18-16/h11-12H,2-10H2,1H3,(H,18,19,20). The van der Waals surface area contributed by atoms with Crippen molar-refractivity contribution in [2.75, 3.05) is 24.7 Å². The average molecular weight is 381 g/mol. The zero-order valence-corrected chi connectivity index (χ0v) is 16.1. The first-order valence-electron chi connectivity index (χ1n) is 8.99. The molecule has 4 rings (SSSR count). The van der Waals surface area contributed by atoms with Crippen LogP contribution in [0.5, 0.6) is 0 Å². The number of hydrogen-bond donors (Lipinski definition) is 1. The van der Waals surface area contributed by atoms with Crippen LogP contribution in [0.4, 0.5) is 5.82 Å². The Bertz CT molecular complexity index is 870. The first-order chi connectivity index (χ1) is 12.0. The first kappa shape index (κ1) is 17.2. The van der Waals surface area contributed by atoms with E-state index in [1.807, 2.05) is 11.3 Å². The molecule has 3 heterocycles. The smallest absolute Gasteiger partial charge is 0.211 e. The van der Waals surface area contributed by atoms with Gasteiger partial charge in [-0.15, -0.1) is 11.3 Å². The molecular weight excluding hydrogens is 356 g/mol. The van der Waals surface area contributed by atoms with Crippen LogP contribution in [0.15, 0.2) is 6.33 Å². The number of fused-ring (bicyclic) bond motifs is 3. The van der Waals surface area contributed by atoms with Crippen molar-refractivity contribution in [3.63, 3.8) is 0 Å². The second kappa shape index (κ2) is 6.81. The van der Waals surface area contributed by atoms with Crippen LogP contribution < -0.4 is 5.32 Å². The molecule has 25 heavy (non-hydrogen) atoms. The van der Waals surface area contributed by atoms with E-state index in [9.17, 15) is 8.42 Å². The van der Waals surface area contributed by atoms with Gasteiger partial charge in [0.2, 0.25) is 10.0 Å². The lowest BCUT2D eigenvalue weighted by atomic mass is 10.1. The monoisotopic (exact) mass is 380 g/mol. The van der Waals surface area contributed by atoms with Crippen LogP contribution in [0.25, 0.3) is 10.2 Å². The van der Waals surface area contributed by atoms with Gasteiger partial charge >= 0.3 is 0 Å². The minimum Gasteiger partial charge on any atom is -0.367 e.